The molecule has 25 heavy (non-hydrogen) atoms. The molecule has 1 atom stereocenters. The van der Waals surface area contributed by atoms with Crippen molar-refractivity contribution in [2.24, 2.45) is 5.73 Å². The average molecular weight is 364 g/mol. The monoisotopic (exact) mass is 364 g/mol. The molecule has 0 spiro atoms. The van der Waals surface area contributed by atoms with Crippen molar-refractivity contribution in [2.75, 3.05) is 7.11 Å². The van der Waals surface area contributed by atoms with Crippen LogP contribution >= 0.6 is 0 Å². The number of nitrogens with two attached hydrogens (primary N) is 1. The van der Waals surface area contributed by atoms with Gasteiger partial charge in [0.15, 0.2) is 0 Å². The second-order valence-electron chi connectivity index (χ2n) is 6.56. The molecule has 0 aliphatic heterocycles. The smallest absolute Gasteiger partial charge is 0.325 e. The highest BCUT2D eigenvalue weighted by molar-refractivity contribution is 7.90. The maximum absolute atomic E-state index is 12.9. The van der Waals surface area contributed by atoms with Crippen LogP contribution in [0, 0.1) is 20.8 Å². The van der Waals surface area contributed by atoms with Crippen molar-refractivity contribution in [3.63, 3.8) is 0 Å². The van der Waals surface area contributed by atoms with Gasteiger partial charge in [-0.2, -0.15) is 0 Å². The number of aryl methyl sites for hydroxylation is 1. The van der Waals surface area contributed by atoms with E-state index in [2.05, 4.69) is 0 Å². The highest BCUT2D eigenvalue weighted by atomic mass is 32.2. The molecule has 0 amide bonds. The maximum atomic E-state index is 12.9. The fraction of sp³-hybridized carbons (Fsp3) is 0.389. The van der Waals surface area contributed by atoms with E-state index in [4.69, 9.17) is 10.5 Å². The number of aromatic nitrogens is 1. The molecule has 0 fully saturated rings. The highest BCUT2D eigenvalue weighted by Crippen LogP contribution is 2.25. The summed E-state index contributed by atoms with van der Waals surface area (Å²) in [5, 5.41) is 0. The van der Waals surface area contributed by atoms with Gasteiger partial charge in [-0.15, -0.1) is 0 Å². The Bertz CT molecular complexity index is 894. The number of rotatable bonds is 5. The zero-order valence-electron chi connectivity index (χ0n) is 15.2. The first kappa shape index (κ1) is 19.2. The zero-order chi connectivity index (χ0) is 19.0. The van der Waals surface area contributed by atoms with Crippen molar-refractivity contribution in [2.45, 2.75) is 44.6 Å². The molecular weight excluding hydrogens is 340 g/mol. The molecule has 1 aromatic heterocycles. The van der Waals surface area contributed by atoms with Gasteiger partial charge in [0.1, 0.15) is 5.54 Å². The first-order valence-corrected chi connectivity index (χ1v) is 9.31. The first-order chi connectivity index (χ1) is 11.5. The molecule has 2 rings (SSSR count). The molecule has 0 radical (unpaired) electrons. The standard InChI is InChI=1S/C18H24N2O4S/c1-12-6-8-16(9-7-12)25(22,23)20-11-15(13(2)14(20)3)10-18(4,19)17(21)24-5/h6-9,11H,10,19H2,1-5H3/t18-/m0/s1. The van der Waals surface area contributed by atoms with Gasteiger partial charge in [-0.1, -0.05) is 17.7 Å². The van der Waals surface area contributed by atoms with Crippen molar-refractivity contribution >= 4 is 16.0 Å². The molecule has 0 unspecified atom stereocenters. The summed E-state index contributed by atoms with van der Waals surface area (Å²) in [4.78, 5) is 12.0. The summed E-state index contributed by atoms with van der Waals surface area (Å²) in [6, 6.07) is 6.68. The third-order valence-electron chi connectivity index (χ3n) is 4.42. The predicted octanol–water partition coefficient (Wildman–Crippen LogP) is 2.08. The summed E-state index contributed by atoms with van der Waals surface area (Å²) in [5.41, 5.74) is 7.87. The Labute approximate surface area is 148 Å². The van der Waals surface area contributed by atoms with Gasteiger partial charge in [-0.25, -0.2) is 12.4 Å². The second kappa shape index (κ2) is 6.65. The van der Waals surface area contributed by atoms with Crippen LogP contribution in [0.4, 0.5) is 0 Å². The third kappa shape index (κ3) is 3.62. The van der Waals surface area contributed by atoms with Crippen molar-refractivity contribution in [3.8, 4) is 0 Å². The summed E-state index contributed by atoms with van der Waals surface area (Å²) < 4.78 is 31.8. The lowest BCUT2D eigenvalue weighted by atomic mass is 9.93. The van der Waals surface area contributed by atoms with E-state index in [1.54, 1.807) is 38.1 Å². The topological polar surface area (TPSA) is 91.4 Å². The molecular formula is C18H24N2O4S. The Morgan fingerprint density at radius 2 is 1.76 bits per heavy atom. The van der Waals surface area contributed by atoms with Gasteiger partial charge in [0, 0.05) is 18.3 Å². The summed E-state index contributed by atoms with van der Waals surface area (Å²) >= 11 is 0. The van der Waals surface area contributed by atoms with Gasteiger partial charge in [0.2, 0.25) is 0 Å². The number of carbonyl (C=O) groups is 1. The van der Waals surface area contributed by atoms with E-state index in [9.17, 15) is 13.2 Å². The van der Waals surface area contributed by atoms with Crippen LogP contribution in [0.5, 0.6) is 0 Å². The molecule has 0 saturated carbocycles. The van der Waals surface area contributed by atoms with Crippen LogP contribution in [0.2, 0.25) is 0 Å². The van der Waals surface area contributed by atoms with Crippen LogP contribution in [0.3, 0.4) is 0 Å². The van der Waals surface area contributed by atoms with E-state index in [0.717, 1.165) is 11.1 Å². The normalized spacial score (nSPS) is 14.2. The lowest BCUT2D eigenvalue weighted by molar-refractivity contribution is -0.146. The van der Waals surface area contributed by atoms with E-state index in [0.29, 0.717) is 11.3 Å². The van der Waals surface area contributed by atoms with Gasteiger partial charge in [-0.3, -0.25) is 4.79 Å². The Balaban J connectivity index is 2.48. The van der Waals surface area contributed by atoms with Gasteiger partial charge in [0.25, 0.3) is 10.0 Å². The van der Waals surface area contributed by atoms with Gasteiger partial charge >= 0.3 is 5.97 Å². The number of benzene rings is 1. The minimum Gasteiger partial charge on any atom is -0.468 e. The quantitative estimate of drug-likeness (QED) is 0.820. The number of methoxy groups -OCH3 is 1. The van der Waals surface area contributed by atoms with Gasteiger partial charge in [0.05, 0.1) is 12.0 Å². The Morgan fingerprint density at radius 3 is 2.28 bits per heavy atom. The molecule has 2 aromatic rings. The van der Waals surface area contributed by atoms with Gasteiger partial charge in [-0.05, 0) is 51.0 Å². The zero-order valence-corrected chi connectivity index (χ0v) is 16.0. The Kier molecular flexibility index (Phi) is 5.11. The van der Waals surface area contributed by atoms with Crippen LogP contribution in [0.25, 0.3) is 0 Å². The summed E-state index contributed by atoms with van der Waals surface area (Å²) in [5.74, 6) is -0.543. The molecule has 2 N–H and O–H groups in total. The van der Waals surface area contributed by atoms with Crippen molar-refractivity contribution in [1.29, 1.82) is 0 Å². The lowest BCUT2D eigenvalue weighted by Crippen LogP contribution is -2.47. The van der Waals surface area contributed by atoms with Crippen molar-refractivity contribution in [1.82, 2.24) is 3.97 Å². The minimum atomic E-state index is -3.71. The van der Waals surface area contributed by atoms with Gasteiger partial charge < -0.3 is 10.5 Å². The molecule has 6 nitrogen and oxygen atoms in total. The second-order valence-corrected chi connectivity index (χ2v) is 8.38. The van der Waals surface area contributed by atoms with Crippen LogP contribution in [-0.4, -0.2) is 31.0 Å². The molecule has 7 heteroatoms. The van der Waals surface area contributed by atoms with E-state index in [1.807, 2.05) is 13.8 Å². The van der Waals surface area contributed by atoms with Crippen molar-refractivity contribution in [3.05, 3.63) is 52.8 Å². The predicted molar refractivity (Wildman–Crippen MR) is 96.0 cm³/mol. The summed E-state index contributed by atoms with van der Waals surface area (Å²) in [7, 11) is -2.43. The van der Waals surface area contributed by atoms with Crippen LogP contribution in [0.1, 0.15) is 29.3 Å². The molecule has 0 aliphatic carbocycles. The Morgan fingerprint density at radius 1 is 1.20 bits per heavy atom. The van der Waals surface area contributed by atoms with E-state index in [1.165, 1.54) is 17.3 Å². The average Bonchev–Trinajstić information content (AvgIpc) is 2.83. The highest BCUT2D eigenvalue weighted by Gasteiger charge is 2.32. The molecule has 1 heterocycles. The third-order valence-corrected chi connectivity index (χ3v) is 6.18. The molecule has 0 aliphatic rings. The molecule has 136 valence electrons. The number of hydrogen-bond acceptors (Lipinski definition) is 5. The number of ether oxygens (including phenoxy) is 1. The number of esters is 1. The van der Waals surface area contributed by atoms with E-state index < -0.39 is 21.5 Å². The lowest BCUT2D eigenvalue weighted by Gasteiger charge is -2.21. The number of carbonyl (C=O) groups excluding carboxylic acids is 1. The minimum absolute atomic E-state index is 0.183. The van der Waals surface area contributed by atoms with Crippen LogP contribution < -0.4 is 5.73 Å². The molecule has 0 saturated heterocycles. The molecule has 0 bridgehead atoms. The summed E-state index contributed by atoms with van der Waals surface area (Å²) in [6.45, 7) is 7.02. The SMILES string of the molecule is COC(=O)[C@@](C)(N)Cc1cn(S(=O)(=O)c2ccc(C)cc2)c(C)c1C. The van der Waals surface area contributed by atoms with Crippen LogP contribution in [0.15, 0.2) is 35.4 Å². The van der Waals surface area contributed by atoms with Crippen molar-refractivity contribution < 1.29 is 17.9 Å². The number of hydrogen-bond donors (Lipinski definition) is 1. The fourth-order valence-electron chi connectivity index (χ4n) is 2.69. The Hall–Kier alpha value is -2.12. The maximum Gasteiger partial charge on any atom is 0.325 e. The largest absolute Gasteiger partial charge is 0.468 e. The summed E-state index contributed by atoms with van der Waals surface area (Å²) in [6.07, 6.45) is 1.72. The van der Waals surface area contributed by atoms with Crippen LogP contribution in [-0.2, 0) is 26.0 Å². The fourth-order valence-corrected chi connectivity index (χ4v) is 4.16. The van der Waals surface area contributed by atoms with E-state index >= 15 is 0 Å². The number of nitrogens with zero attached hydrogens (tertiary/aromatic N) is 1. The molecule has 1 aromatic carbocycles. The first-order valence-electron chi connectivity index (χ1n) is 7.87. The van der Waals surface area contributed by atoms with E-state index in [-0.39, 0.29) is 11.3 Å².